The summed E-state index contributed by atoms with van der Waals surface area (Å²) in [5.74, 6) is 1.08. The van der Waals surface area contributed by atoms with Crippen LogP contribution in [0.1, 0.15) is 25.5 Å². The number of aromatic nitrogens is 1. The van der Waals surface area contributed by atoms with Crippen molar-refractivity contribution < 1.29 is 0 Å². The maximum atomic E-state index is 4.12. The monoisotopic (exact) mass is 260 g/mol. The fourth-order valence-corrected chi connectivity index (χ4v) is 1.88. The highest BCUT2D eigenvalue weighted by Crippen LogP contribution is 2.17. The van der Waals surface area contributed by atoms with Crippen LogP contribution >= 0.6 is 27.9 Å². The summed E-state index contributed by atoms with van der Waals surface area (Å²) in [5.41, 5.74) is 1.20. The highest BCUT2D eigenvalue weighted by atomic mass is 79.9. The van der Waals surface area contributed by atoms with Crippen molar-refractivity contribution in [2.45, 2.75) is 19.9 Å². The van der Waals surface area contributed by atoms with Gasteiger partial charge in [0.05, 0.1) is 0 Å². The van der Waals surface area contributed by atoms with Crippen LogP contribution in [-0.4, -0.2) is 10.7 Å². The van der Waals surface area contributed by atoms with Crippen molar-refractivity contribution in [2.24, 2.45) is 0 Å². The molecular formula is C9H13BrN2S. The van der Waals surface area contributed by atoms with Gasteiger partial charge in [-0.2, -0.15) is 0 Å². The molecule has 0 aliphatic heterocycles. The van der Waals surface area contributed by atoms with E-state index in [1.54, 1.807) is 18.1 Å². The molecule has 1 heterocycles. The zero-order valence-electron chi connectivity index (χ0n) is 7.75. The van der Waals surface area contributed by atoms with Crippen LogP contribution in [0.3, 0.4) is 0 Å². The second-order valence-electron chi connectivity index (χ2n) is 2.71. The van der Waals surface area contributed by atoms with Gasteiger partial charge in [0.25, 0.3) is 0 Å². The van der Waals surface area contributed by atoms with E-state index in [0.717, 1.165) is 10.2 Å². The van der Waals surface area contributed by atoms with E-state index in [-0.39, 0.29) is 0 Å². The lowest BCUT2D eigenvalue weighted by Gasteiger charge is -2.12. The minimum atomic E-state index is 0.343. The summed E-state index contributed by atoms with van der Waals surface area (Å²) in [6.07, 6.45) is 3.68. The molecule has 0 aliphatic rings. The van der Waals surface area contributed by atoms with E-state index < -0.39 is 0 Å². The molecule has 1 rings (SSSR count). The molecule has 1 N–H and O–H groups in total. The molecule has 13 heavy (non-hydrogen) atoms. The standard InChI is InChI=1S/C9H13BrN2S/c1-3-13-12-7(2)8-4-9(10)6-11-5-8/h4-7,12H,3H2,1-2H3. The first-order chi connectivity index (χ1) is 6.24. The maximum Gasteiger partial charge on any atom is 0.0410 e. The van der Waals surface area contributed by atoms with Crippen LogP contribution in [0.15, 0.2) is 22.9 Å². The van der Waals surface area contributed by atoms with Gasteiger partial charge in [0.15, 0.2) is 0 Å². The molecule has 0 saturated heterocycles. The fraction of sp³-hybridized carbons (Fsp3) is 0.444. The highest BCUT2D eigenvalue weighted by molar-refractivity contribution is 9.10. The molecule has 2 nitrogen and oxygen atoms in total. The Morgan fingerprint density at radius 1 is 1.62 bits per heavy atom. The summed E-state index contributed by atoms with van der Waals surface area (Å²) >= 11 is 5.13. The van der Waals surface area contributed by atoms with E-state index in [1.165, 1.54) is 5.56 Å². The molecule has 0 bridgehead atoms. The number of nitrogens with zero attached hydrogens (tertiary/aromatic N) is 1. The van der Waals surface area contributed by atoms with Gasteiger partial charge in [0.2, 0.25) is 0 Å². The minimum Gasteiger partial charge on any atom is -0.263 e. The Kier molecular flexibility index (Phi) is 4.77. The Hall–Kier alpha value is -0.0600. The Morgan fingerprint density at radius 2 is 2.38 bits per heavy atom. The van der Waals surface area contributed by atoms with E-state index in [9.17, 15) is 0 Å². The summed E-state index contributed by atoms with van der Waals surface area (Å²) in [5, 5.41) is 0. The van der Waals surface area contributed by atoms with E-state index in [2.05, 4.69) is 45.5 Å². The molecule has 0 spiro atoms. The molecule has 4 heteroatoms. The first-order valence-corrected chi connectivity index (χ1v) is 5.99. The lowest BCUT2D eigenvalue weighted by atomic mass is 10.2. The Morgan fingerprint density at radius 3 is 3.00 bits per heavy atom. The Balaban J connectivity index is 2.60. The highest BCUT2D eigenvalue weighted by Gasteiger charge is 2.04. The molecule has 1 atom stereocenters. The molecule has 0 radical (unpaired) electrons. The Bertz CT molecular complexity index is 268. The van der Waals surface area contributed by atoms with E-state index in [1.807, 2.05) is 6.20 Å². The van der Waals surface area contributed by atoms with Gasteiger partial charge in [-0.3, -0.25) is 9.71 Å². The molecule has 1 unspecified atom stereocenters. The predicted octanol–water partition coefficient (Wildman–Crippen LogP) is 3.16. The van der Waals surface area contributed by atoms with E-state index in [0.29, 0.717) is 6.04 Å². The van der Waals surface area contributed by atoms with Crippen molar-refractivity contribution in [1.82, 2.24) is 9.71 Å². The number of halogens is 1. The minimum absolute atomic E-state index is 0.343. The molecule has 1 aromatic rings. The first-order valence-electron chi connectivity index (χ1n) is 4.21. The molecular weight excluding hydrogens is 248 g/mol. The van der Waals surface area contributed by atoms with Gasteiger partial charge < -0.3 is 0 Å². The van der Waals surface area contributed by atoms with Crippen LogP contribution in [0.25, 0.3) is 0 Å². The van der Waals surface area contributed by atoms with Crippen molar-refractivity contribution in [3.63, 3.8) is 0 Å². The summed E-state index contributed by atoms with van der Waals surface area (Å²) in [7, 11) is 0. The van der Waals surface area contributed by atoms with Gasteiger partial charge in [-0.05, 0) is 34.5 Å². The SMILES string of the molecule is CCSNC(C)c1cncc(Br)c1. The average molecular weight is 261 g/mol. The molecule has 0 fully saturated rings. The molecule has 0 amide bonds. The second-order valence-corrected chi connectivity index (χ2v) is 4.73. The number of hydrogen-bond donors (Lipinski definition) is 1. The van der Waals surface area contributed by atoms with Crippen molar-refractivity contribution in [3.05, 3.63) is 28.5 Å². The summed E-state index contributed by atoms with van der Waals surface area (Å²) < 4.78 is 4.36. The third-order valence-electron chi connectivity index (χ3n) is 1.63. The van der Waals surface area contributed by atoms with Crippen molar-refractivity contribution in [1.29, 1.82) is 0 Å². The molecule has 0 aliphatic carbocycles. The lowest BCUT2D eigenvalue weighted by molar-refractivity contribution is 0.749. The van der Waals surface area contributed by atoms with Crippen LogP contribution in [0.5, 0.6) is 0 Å². The zero-order chi connectivity index (χ0) is 9.68. The number of rotatable bonds is 4. The van der Waals surface area contributed by atoms with Crippen LogP contribution < -0.4 is 4.72 Å². The van der Waals surface area contributed by atoms with Crippen LogP contribution in [0.2, 0.25) is 0 Å². The second kappa shape index (κ2) is 5.62. The van der Waals surface area contributed by atoms with Gasteiger partial charge in [-0.25, -0.2) is 0 Å². The molecule has 72 valence electrons. The molecule has 0 aromatic carbocycles. The van der Waals surface area contributed by atoms with E-state index >= 15 is 0 Å². The third-order valence-corrected chi connectivity index (χ3v) is 2.87. The van der Waals surface area contributed by atoms with Crippen molar-refractivity contribution in [3.8, 4) is 0 Å². The molecule has 0 saturated carbocycles. The number of nitrogens with one attached hydrogen (secondary N) is 1. The normalized spacial score (nSPS) is 12.8. The van der Waals surface area contributed by atoms with Crippen LogP contribution in [0, 0.1) is 0 Å². The average Bonchev–Trinajstić information content (AvgIpc) is 2.14. The van der Waals surface area contributed by atoms with Crippen molar-refractivity contribution in [2.75, 3.05) is 5.75 Å². The first kappa shape index (κ1) is 11.0. The zero-order valence-corrected chi connectivity index (χ0v) is 10.2. The third kappa shape index (κ3) is 3.67. The van der Waals surface area contributed by atoms with Crippen molar-refractivity contribution >= 4 is 27.9 Å². The topological polar surface area (TPSA) is 24.9 Å². The van der Waals surface area contributed by atoms with Gasteiger partial charge in [-0.15, -0.1) is 0 Å². The van der Waals surface area contributed by atoms with E-state index in [4.69, 9.17) is 0 Å². The maximum absolute atomic E-state index is 4.12. The molecule has 1 aromatic heterocycles. The summed E-state index contributed by atoms with van der Waals surface area (Å²) in [6, 6.07) is 2.43. The van der Waals surface area contributed by atoms with Gasteiger partial charge in [-0.1, -0.05) is 18.9 Å². The largest absolute Gasteiger partial charge is 0.263 e. The smallest absolute Gasteiger partial charge is 0.0410 e. The fourth-order valence-electron chi connectivity index (χ4n) is 0.941. The van der Waals surface area contributed by atoms with Gasteiger partial charge in [0.1, 0.15) is 0 Å². The summed E-state index contributed by atoms with van der Waals surface area (Å²) in [4.78, 5) is 4.12. The quantitative estimate of drug-likeness (QED) is 0.843. The lowest BCUT2D eigenvalue weighted by Crippen LogP contribution is -2.10. The number of pyridine rings is 1. The Labute approximate surface area is 91.8 Å². The number of hydrogen-bond acceptors (Lipinski definition) is 3. The predicted molar refractivity (Wildman–Crippen MR) is 61.6 cm³/mol. The van der Waals surface area contributed by atoms with Gasteiger partial charge in [0, 0.05) is 28.7 Å². The van der Waals surface area contributed by atoms with Gasteiger partial charge >= 0.3 is 0 Å². The van der Waals surface area contributed by atoms with Crippen LogP contribution in [0.4, 0.5) is 0 Å². The van der Waals surface area contributed by atoms with Crippen LogP contribution in [-0.2, 0) is 0 Å². The summed E-state index contributed by atoms with van der Waals surface area (Å²) in [6.45, 7) is 4.26.